The van der Waals surface area contributed by atoms with Crippen molar-refractivity contribution in [2.45, 2.75) is 46.6 Å². The van der Waals surface area contributed by atoms with Crippen molar-refractivity contribution in [2.75, 3.05) is 5.32 Å². The van der Waals surface area contributed by atoms with E-state index in [2.05, 4.69) is 55.4 Å². The van der Waals surface area contributed by atoms with Crippen molar-refractivity contribution in [1.82, 2.24) is 15.5 Å². The number of fused-ring (bicyclic) bond motifs is 1. The molecule has 0 radical (unpaired) electrons. The lowest BCUT2D eigenvalue weighted by molar-refractivity contribution is 0.268. The highest BCUT2D eigenvalue weighted by atomic mass is 32.1. The minimum atomic E-state index is -0.0767. The van der Waals surface area contributed by atoms with Gasteiger partial charge in [-0.3, -0.25) is 0 Å². The summed E-state index contributed by atoms with van der Waals surface area (Å²) in [6, 6.07) is 5.99. The molecule has 1 heterocycles. The number of thiocarbonyl (C=S) groups is 1. The van der Waals surface area contributed by atoms with Crippen molar-refractivity contribution in [1.29, 1.82) is 0 Å². The minimum Gasteiger partial charge on any atom is -0.358 e. The molecule has 1 aromatic heterocycles. The lowest BCUT2D eigenvalue weighted by Crippen LogP contribution is -2.47. The van der Waals surface area contributed by atoms with E-state index in [1.54, 1.807) is 12.4 Å². The van der Waals surface area contributed by atoms with Gasteiger partial charge in [0.1, 0.15) is 0 Å². The van der Waals surface area contributed by atoms with Crippen LogP contribution >= 0.6 is 12.2 Å². The summed E-state index contributed by atoms with van der Waals surface area (Å²) in [5, 5.41) is 17.2. The van der Waals surface area contributed by atoms with Gasteiger partial charge in [0.2, 0.25) is 0 Å². The zero-order valence-electron chi connectivity index (χ0n) is 13.9. The summed E-state index contributed by atoms with van der Waals surface area (Å²) in [5.41, 5.74) is 1.10. The molecule has 0 saturated heterocycles. The third kappa shape index (κ3) is 4.63. The molecule has 0 aliphatic carbocycles. The minimum absolute atomic E-state index is 0.0767. The van der Waals surface area contributed by atoms with E-state index in [1.807, 2.05) is 18.2 Å². The number of rotatable bonds is 3. The predicted octanol–water partition coefficient (Wildman–Crippen LogP) is 4.13. The summed E-state index contributed by atoms with van der Waals surface area (Å²) in [6.45, 7) is 11.0. The summed E-state index contributed by atoms with van der Waals surface area (Å²) in [6.07, 6.45) is 4.52. The van der Waals surface area contributed by atoms with Gasteiger partial charge in [0.15, 0.2) is 5.11 Å². The Morgan fingerprint density at radius 1 is 1.09 bits per heavy atom. The molecule has 22 heavy (non-hydrogen) atoms. The number of hydrogen-bond acceptors (Lipinski definition) is 3. The van der Waals surface area contributed by atoms with E-state index in [9.17, 15) is 0 Å². The molecule has 2 N–H and O–H groups in total. The lowest BCUT2D eigenvalue weighted by atomic mass is 9.82. The molecule has 0 fully saturated rings. The largest absolute Gasteiger partial charge is 0.358 e. The van der Waals surface area contributed by atoms with Crippen LogP contribution in [0.2, 0.25) is 0 Å². The smallest absolute Gasteiger partial charge is 0.171 e. The van der Waals surface area contributed by atoms with Crippen LogP contribution in [0.3, 0.4) is 0 Å². The van der Waals surface area contributed by atoms with Crippen LogP contribution in [0.25, 0.3) is 10.8 Å². The normalized spacial score (nSPS) is 12.2. The maximum absolute atomic E-state index is 5.48. The molecule has 0 aliphatic rings. The third-order valence-corrected chi connectivity index (χ3v) is 3.47. The van der Waals surface area contributed by atoms with Gasteiger partial charge in [-0.1, -0.05) is 32.9 Å². The van der Waals surface area contributed by atoms with Crippen LogP contribution in [-0.2, 0) is 0 Å². The van der Waals surface area contributed by atoms with Crippen LogP contribution in [-0.4, -0.2) is 20.8 Å². The van der Waals surface area contributed by atoms with Crippen molar-refractivity contribution in [3.63, 3.8) is 0 Å². The Morgan fingerprint density at radius 3 is 2.45 bits per heavy atom. The van der Waals surface area contributed by atoms with Crippen LogP contribution in [0.5, 0.6) is 0 Å². The molecule has 0 unspecified atom stereocenters. The lowest BCUT2D eigenvalue weighted by Gasteiger charge is -2.34. The van der Waals surface area contributed by atoms with Gasteiger partial charge < -0.3 is 10.6 Å². The van der Waals surface area contributed by atoms with Crippen LogP contribution in [0.4, 0.5) is 5.69 Å². The van der Waals surface area contributed by atoms with Crippen molar-refractivity contribution >= 4 is 33.8 Å². The molecule has 4 nitrogen and oxygen atoms in total. The molecule has 0 aliphatic heterocycles. The first-order valence-corrected chi connectivity index (χ1v) is 7.86. The van der Waals surface area contributed by atoms with Gasteiger partial charge >= 0.3 is 0 Å². The average Bonchev–Trinajstić information content (AvgIpc) is 2.35. The summed E-state index contributed by atoms with van der Waals surface area (Å²) in [5.74, 6) is 0. The number of anilines is 1. The van der Waals surface area contributed by atoms with Crippen molar-refractivity contribution in [3.8, 4) is 0 Å². The molecule has 5 heteroatoms. The molecule has 2 rings (SSSR count). The van der Waals surface area contributed by atoms with E-state index < -0.39 is 0 Å². The SMILES string of the molecule is CC(C)(C)CC(C)(C)NC(=S)Nc1cccc2cnncc12. The highest BCUT2D eigenvalue weighted by Gasteiger charge is 2.26. The van der Waals surface area contributed by atoms with Crippen LogP contribution in [0.1, 0.15) is 41.0 Å². The highest BCUT2D eigenvalue weighted by molar-refractivity contribution is 7.80. The summed E-state index contributed by atoms with van der Waals surface area (Å²) < 4.78 is 0. The fourth-order valence-electron chi connectivity index (χ4n) is 2.97. The van der Waals surface area contributed by atoms with Crippen LogP contribution < -0.4 is 10.6 Å². The highest BCUT2D eigenvalue weighted by Crippen LogP contribution is 2.27. The number of benzene rings is 1. The molecule has 2 aromatic rings. The van der Waals surface area contributed by atoms with E-state index in [0.29, 0.717) is 5.11 Å². The van der Waals surface area contributed by atoms with Gasteiger partial charge in [-0.25, -0.2) is 0 Å². The monoisotopic (exact) mass is 316 g/mol. The number of aromatic nitrogens is 2. The third-order valence-electron chi connectivity index (χ3n) is 3.26. The van der Waals surface area contributed by atoms with E-state index in [0.717, 1.165) is 22.9 Å². The Balaban J connectivity index is 2.11. The Hall–Kier alpha value is -1.75. The van der Waals surface area contributed by atoms with Crippen molar-refractivity contribution < 1.29 is 0 Å². The molecule has 0 saturated carbocycles. The maximum atomic E-state index is 5.48. The first kappa shape index (κ1) is 16.6. The summed E-state index contributed by atoms with van der Waals surface area (Å²) >= 11 is 5.48. The second-order valence-electron chi connectivity index (χ2n) is 7.50. The Kier molecular flexibility index (Phi) is 4.66. The molecule has 0 bridgehead atoms. The number of nitrogens with one attached hydrogen (secondary N) is 2. The number of hydrogen-bond donors (Lipinski definition) is 2. The van der Waals surface area contributed by atoms with E-state index in [1.165, 1.54) is 0 Å². The zero-order chi connectivity index (χ0) is 16.4. The first-order chi connectivity index (χ1) is 10.2. The predicted molar refractivity (Wildman–Crippen MR) is 97.0 cm³/mol. The Bertz CT molecular complexity index is 668. The quantitative estimate of drug-likeness (QED) is 0.834. The van der Waals surface area contributed by atoms with Crippen LogP contribution in [0.15, 0.2) is 30.6 Å². The maximum Gasteiger partial charge on any atom is 0.171 e. The molecule has 0 atom stereocenters. The molecule has 0 spiro atoms. The molecule has 1 aromatic carbocycles. The van der Waals surface area contributed by atoms with Gasteiger partial charge in [0, 0.05) is 22.0 Å². The van der Waals surface area contributed by atoms with Gasteiger partial charge in [-0.05, 0) is 44.0 Å². The summed E-state index contributed by atoms with van der Waals surface area (Å²) in [7, 11) is 0. The Morgan fingerprint density at radius 2 is 1.77 bits per heavy atom. The zero-order valence-corrected chi connectivity index (χ0v) is 14.7. The van der Waals surface area contributed by atoms with Gasteiger partial charge in [-0.15, -0.1) is 0 Å². The second kappa shape index (κ2) is 6.16. The Labute approximate surface area is 137 Å². The van der Waals surface area contributed by atoms with Crippen molar-refractivity contribution in [3.05, 3.63) is 30.6 Å². The fraction of sp³-hybridized carbons (Fsp3) is 0.471. The van der Waals surface area contributed by atoms with Gasteiger partial charge in [0.25, 0.3) is 0 Å². The summed E-state index contributed by atoms with van der Waals surface area (Å²) in [4.78, 5) is 0. The van der Waals surface area contributed by atoms with Crippen molar-refractivity contribution in [2.24, 2.45) is 5.41 Å². The topological polar surface area (TPSA) is 49.8 Å². The molecule has 0 amide bonds. The number of nitrogens with zero attached hydrogens (tertiary/aromatic N) is 2. The van der Waals surface area contributed by atoms with Gasteiger partial charge in [-0.2, -0.15) is 10.2 Å². The molecule has 118 valence electrons. The molecular formula is C17H24N4S. The second-order valence-corrected chi connectivity index (χ2v) is 7.91. The van der Waals surface area contributed by atoms with E-state index in [4.69, 9.17) is 12.2 Å². The standard InChI is InChI=1S/C17H24N4S/c1-16(2,3)11-17(4,5)21-15(22)20-14-8-6-7-12-9-18-19-10-13(12)14/h6-10H,11H2,1-5H3,(H2,20,21,22). The average molecular weight is 316 g/mol. The first-order valence-electron chi connectivity index (χ1n) is 7.45. The van der Waals surface area contributed by atoms with E-state index in [-0.39, 0.29) is 11.0 Å². The van der Waals surface area contributed by atoms with Gasteiger partial charge in [0.05, 0.1) is 12.4 Å². The molecular weight excluding hydrogens is 292 g/mol. The van der Waals surface area contributed by atoms with E-state index >= 15 is 0 Å². The van der Waals surface area contributed by atoms with Crippen LogP contribution in [0, 0.1) is 5.41 Å². The fourth-order valence-corrected chi connectivity index (χ4v) is 3.35.